The van der Waals surface area contributed by atoms with Crippen LogP contribution < -0.4 is 9.47 Å². The van der Waals surface area contributed by atoms with Gasteiger partial charge in [0.2, 0.25) is 0 Å². The summed E-state index contributed by atoms with van der Waals surface area (Å²) >= 11 is 0. The molecule has 1 fully saturated rings. The molecular weight excluding hydrogens is 366 g/mol. The molecule has 1 spiro atoms. The molecule has 5 nitrogen and oxygen atoms in total. The highest BCUT2D eigenvalue weighted by molar-refractivity contribution is 5.69. The molecule has 2 aliphatic rings. The second kappa shape index (κ2) is 7.71. The van der Waals surface area contributed by atoms with E-state index in [1.807, 2.05) is 17.0 Å². The largest absolute Gasteiger partial charge is 0.492 e. The van der Waals surface area contributed by atoms with E-state index in [2.05, 4.69) is 39.0 Å². The van der Waals surface area contributed by atoms with Crippen LogP contribution in [0, 0.1) is 20.8 Å². The number of likely N-dealkylation sites (tertiary alicyclic amines) is 1. The standard InChI is InChI=1S/C24H29NO4/c1-16-10-17(2)20(18(3)11-16)14-28-19-4-5-21-22(12-19)29-15-24(21)6-8-25(9-7-24)13-23(26)27/h4-5,10-12H,6-9,13-15H2,1-3H3,(H,26,27). The Kier molecular flexibility index (Phi) is 5.26. The fourth-order valence-electron chi connectivity index (χ4n) is 4.78. The number of hydrogen-bond acceptors (Lipinski definition) is 4. The maximum Gasteiger partial charge on any atom is 0.317 e. The Labute approximate surface area is 172 Å². The maximum atomic E-state index is 11.0. The molecule has 1 saturated heterocycles. The summed E-state index contributed by atoms with van der Waals surface area (Å²) in [5.41, 5.74) is 6.27. The normalized spacial score (nSPS) is 17.8. The van der Waals surface area contributed by atoms with Gasteiger partial charge in [-0.05, 0) is 69.5 Å². The highest BCUT2D eigenvalue weighted by Crippen LogP contribution is 2.46. The third kappa shape index (κ3) is 3.97. The van der Waals surface area contributed by atoms with Gasteiger partial charge in [0, 0.05) is 17.0 Å². The number of nitrogens with zero attached hydrogens (tertiary/aromatic N) is 1. The molecule has 0 aromatic heterocycles. The molecule has 0 amide bonds. The van der Waals surface area contributed by atoms with Crippen molar-refractivity contribution >= 4 is 5.97 Å². The molecule has 2 aromatic rings. The van der Waals surface area contributed by atoms with E-state index in [0.717, 1.165) is 37.4 Å². The molecule has 2 aliphatic heterocycles. The van der Waals surface area contributed by atoms with E-state index in [9.17, 15) is 4.79 Å². The lowest BCUT2D eigenvalue weighted by Crippen LogP contribution is -2.45. The van der Waals surface area contributed by atoms with Gasteiger partial charge in [0.05, 0.1) is 13.2 Å². The molecule has 1 N–H and O–H groups in total. The summed E-state index contributed by atoms with van der Waals surface area (Å²) in [6.07, 6.45) is 1.85. The third-order valence-electron chi connectivity index (χ3n) is 6.42. The van der Waals surface area contributed by atoms with E-state index in [-0.39, 0.29) is 12.0 Å². The molecular formula is C24H29NO4. The predicted octanol–water partition coefficient (Wildman–Crippen LogP) is 4.00. The summed E-state index contributed by atoms with van der Waals surface area (Å²) in [7, 11) is 0. The van der Waals surface area contributed by atoms with Gasteiger partial charge in [-0.25, -0.2) is 0 Å². The average Bonchev–Trinajstić information content (AvgIpc) is 3.00. The topological polar surface area (TPSA) is 59.0 Å². The lowest BCUT2D eigenvalue weighted by atomic mass is 9.74. The minimum absolute atomic E-state index is 0.00694. The van der Waals surface area contributed by atoms with Crippen molar-refractivity contribution in [3.05, 3.63) is 58.1 Å². The Morgan fingerprint density at radius 3 is 2.48 bits per heavy atom. The van der Waals surface area contributed by atoms with Gasteiger partial charge in [-0.3, -0.25) is 9.69 Å². The van der Waals surface area contributed by atoms with E-state index in [0.29, 0.717) is 13.2 Å². The van der Waals surface area contributed by atoms with Crippen molar-refractivity contribution in [2.45, 2.75) is 45.6 Å². The Bertz CT molecular complexity index is 905. The first-order valence-electron chi connectivity index (χ1n) is 10.3. The summed E-state index contributed by atoms with van der Waals surface area (Å²) < 4.78 is 12.2. The molecule has 2 aromatic carbocycles. The number of piperidine rings is 1. The Hall–Kier alpha value is -2.53. The lowest BCUT2D eigenvalue weighted by molar-refractivity contribution is -0.138. The number of carboxylic acids is 1. The van der Waals surface area contributed by atoms with E-state index >= 15 is 0 Å². The second-order valence-corrected chi connectivity index (χ2v) is 8.56. The SMILES string of the molecule is Cc1cc(C)c(COc2ccc3c(c2)OCC32CCN(CC(=O)O)CC2)c(C)c1. The van der Waals surface area contributed by atoms with Crippen LogP contribution in [0.1, 0.15) is 40.7 Å². The Morgan fingerprint density at radius 1 is 1.14 bits per heavy atom. The van der Waals surface area contributed by atoms with Gasteiger partial charge in [0.1, 0.15) is 18.1 Å². The number of benzene rings is 2. The highest BCUT2D eigenvalue weighted by atomic mass is 16.5. The molecule has 0 bridgehead atoms. The van der Waals surface area contributed by atoms with Gasteiger partial charge < -0.3 is 14.6 Å². The minimum atomic E-state index is -0.759. The number of aryl methyl sites for hydroxylation is 3. The molecule has 0 aliphatic carbocycles. The monoisotopic (exact) mass is 395 g/mol. The zero-order valence-electron chi connectivity index (χ0n) is 17.5. The molecule has 4 rings (SSSR count). The van der Waals surface area contributed by atoms with Crippen molar-refractivity contribution in [1.29, 1.82) is 0 Å². The van der Waals surface area contributed by atoms with Crippen molar-refractivity contribution < 1.29 is 19.4 Å². The zero-order chi connectivity index (χ0) is 20.6. The summed E-state index contributed by atoms with van der Waals surface area (Å²) in [4.78, 5) is 13.0. The van der Waals surface area contributed by atoms with Crippen LogP contribution in [0.4, 0.5) is 0 Å². The van der Waals surface area contributed by atoms with E-state index in [4.69, 9.17) is 14.6 Å². The predicted molar refractivity (Wildman–Crippen MR) is 112 cm³/mol. The summed E-state index contributed by atoms with van der Waals surface area (Å²) in [5.74, 6) is 0.972. The van der Waals surface area contributed by atoms with Crippen LogP contribution in [0.25, 0.3) is 0 Å². The lowest BCUT2D eigenvalue weighted by Gasteiger charge is -2.37. The molecule has 2 heterocycles. The molecule has 154 valence electrons. The van der Waals surface area contributed by atoms with Gasteiger partial charge in [-0.15, -0.1) is 0 Å². The average molecular weight is 395 g/mol. The fourth-order valence-corrected chi connectivity index (χ4v) is 4.78. The smallest absolute Gasteiger partial charge is 0.317 e. The third-order valence-corrected chi connectivity index (χ3v) is 6.42. The summed E-state index contributed by atoms with van der Waals surface area (Å²) in [6.45, 7) is 9.29. The van der Waals surface area contributed by atoms with E-state index in [1.54, 1.807) is 0 Å². The second-order valence-electron chi connectivity index (χ2n) is 8.56. The van der Waals surface area contributed by atoms with Crippen LogP contribution in [-0.2, 0) is 16.8 Å². The first-order chi connectivity index (χ1) is 13.9. The number of carbonyl (C=O) groups is 1. The minimum Gasteiger partial charge on any atom is -0.492 e. The van der Waals surface area contributed by atoms with Gasteiger partial charge in [-0.2, -0.15) is 0 Å². The number of ether oxygens (including phenoxy) is 2. The zero-order valence-corrected chi connectivity index (χ0v) is 17.5. The molecule has 5 heteroatoms. The number of aliphatic carboxylic acids is 1. The molecule has 0 radical (unpaired) electrons. The molecule has 0 atom stereocenters. The maximum absolute atomic E-state index is 11.0. The molecule has 0 saturated carbocycles. The first kappa shape index (κ1) is 19.8. The van der Waals surface area contributed by atoms with Crippen molar-refractivity contribution in [3.63, 3.8) is 0 Å². The van der Waals surface area contributed by atoms with E-state index < -0.39 is 5.97 Å². The summed E-state index contributed by atoms with van der Waals surface area (Å²) in [5, 5.41) is 9.01. The number of fused-ring (bicyclic) bond motifs is 2. The van der Waals surface area contributed by atoms with Crippen molar-refractivity contribution in [2.75, 3.05) is 26.2 Å². The highest BCUT2D eigenvalue weighted by Gasteiger charge is 2.43. The molecule has 0 unspecified atom stereocenters. The molecule has 29 heavy (non-hydrogen) atoms. The summed E-state index contributed by atoms with van der Waals surface area (Å²) in [6, 6.07) is 10.6. The number of rotatable bonds is 5. The fraction of sp³-hybridized carbons (Fsp3) is 0.458. The van der Waals surface area contributed by atoms with Gasteiger partial charge in [0.15, 0.2) is 0 Å². The van der Waals surface area contributed by atoms with Gasteiger partial charge in [-0.1, -0.05) is 23.8 Å². The van der Waals surface area contributed by atoms with Crippen LogP contribution in [-0.4, -0.2) is 42.2 Å². The van der Waals surface area contributed by atoms with Crippen LogP contribution in [0.15, 0.2) is 30.3 Å². The van der Waals surface area contributed by atoms with Gasteiger partial charge in [0.25, 0.3) is 0 Å². The van der Waals surface area contributed by atoms with Crippen LogP contribution >= 0.6 is 0 Å². The van der Waals surface area contributed by atoms with Crippen LogP contribution in [0.2, 0.25) is 0 Å². The van der Waals surface area contributed by atoms with Gasteiger partial charge >= 0.3 is 5.97 Å². The van der Waals surface area contributed by atoms with Crippen molar-refractivity contribution in [2.24, 2.45) is 0 Å². The first-order valence-corrected chi connectivity index (χ1v) is 10.3. The Morgan fingerprint density at radius 2 is 1.83 bits per heavy atom. The number of carboxylic acid groups (broad SMARTS) is 1. The van der Waals surface area contributed by atoms with E-state index in [1.165, 1.54) is 27.8 Å². The quantitative estimate of drug-likeness (QED) is 0.829. The van der Waals surface area contributed by atoms with Crippen LogP contribution in [0.3, 0.4) is 0 Å². The van der Waals surface area contributed by atoms with Crippen molar-refractivity contribution in [3.8, 4) is 11.5 Å². The van der Waals surface area contributed by atoms with Crippen LogP contribution in [0.5, 0.6) is 11.5 Å². The van der Waals surface area contributed by atoms with Crippen molar-refractivity contribution in [1.82, 2.24) is 4.90 Å². The Balaban J connectivity index is 1.45. The number of hydrogen-bond donors (Lipinski definition) is 1.